The third-order valence-electron chi connectivity index (χ3n) is 6.89. The number of nitrogens with two attached hydrogens (primary N) is 6. The molecule has 6 nitrogen and oxygen atoms in total. The molecule has 0 saturated heterocycles. The van der Waals surface area contributed by atoms with Crippen LogP contribution in [0, 0.1) is 0 Å². The summed E-state index contributed by atoms with van der Waals surface area (Å²) in [4.78, 5) is 0. The first kappa shape index (κ1) is 33.7. The second-order valence-electron chi connectivity index (χ2n) is 10.5. The van der Waals surface area contributed by atoms with Crippen molar-refractivity contribution >= 4 is 45.5 Å². The van der Waals surface area contributed by atoms with E-state index in [9.17, 15) is 0 Å². The summed E-state index contributed by atoms with van der Waals surface area (Å²) in [6.07, 6.45) is 0. The van der Waals surface area contributed by atoms with Crippen LogP contribution in [-0.2, 0) is 0 Å². The molecule has 0 atom stereocenters. The van der Waals surface area contributed by atoms with Crippen LogP contribution in [0.2, 0.25) is 0 Å². The molecule has 7 heteroatoms. The van der Waals surface area contributed by atoms with Gasteiger partial charge in [-0.15, -0.1) is 0 Å². The standard InChI is InChI=1S/3C12H12N2.C4H4S/c3*13-11-5-1-9(2-6-11)10-3-7-12(14)8-4-10;1-2-4-5-3-1/h3*1-8H,13-14H2;1-4H. The Balaban J connectivity index is 0.000000148. The zero-order valence-corrected chi connectivity index (χ0v) is 26.9. The van der Waals surface area contributed by atoms with Gasteiger partial charge < -0.3 is 34.4 Å². The maximum atomic E-state index is 5.61. The zero-order valence-electron chi connectivity index (χ0n) is 26.0. The van der Waals surface area contributed by atoms with Gasteiger partial charge in [0.25, 0.3) is 0 Å². The second kappa shape index (κ2) is 17.3. The molecule has 1 heterocycles. The molecule has 0 aliphatic carbocycles. The number of hydrogen-bond donors (Lipinski definition) is 6. The molecule has 1 aromatic heterocycles. The molecule has 0 radical (unpaired) electrons. The van der Waals surface area contributed by atoms with E-state index in [1.807, 2.05) is 168 Å². The minimum Gasteiger partial charge on any atom is -0.399 e. The van der Waals surface area contributed by atoms with Crippen LogP contribution in [0.4, 0.5) is 34.1 Å². The highest BCUT2D eigenvalue weighted by atomic mass is 32.1. The van der Waals surface area contributed by atoms with E-state index in [1.165, 1.54) is 0 Å². The fraction of sp³-hybridized carbons (Fsp3) is 0. The summed E-state index contributed by atoms with van der Waals surface area (Å²) in [5.74, 6) is 0. The number of thiophene rings is 1. The maximum absolute atomic E-state index is 5.61. The van der Waals surface area contributed by atoms with Crippen molar-refractivity contribution in [1.29, 1.82) is 0 Å². The van der Waals surface area contributed by atoms with Crippen molar-refractivity contribution < 1.29 is 0 Å². The molecule has 236 valence electrons. The number of anilines is 6. The third kappa shape index (κ3) is 11.4. The van der Waals surface area contributed by atoms with Gasteiger partial charge in [-0.1, -0.05) is 84.9 Å². The SMILES string of the molecule is Nc1ccc(-c2ccc(N)cc2)cc1.Nc1ccc(-c2ccc(N)cc2)cc1.Nc1ccc(-c2ccc(N)cc2)cc1.c1ccsc1. The van der Waals surface area contributed by atoms with Crippen molar-refractivity contribution in [3.8, 4) is 33.4 Å². The van der Waals surface area contributed by atoms with Gasteiger partial charge in [0.1, 0.15) is 0 Å². The summed E-state index contributed by atoms with van der Waals surface area (Å²) in [6.45, 7) is 0. The molecule has 7 aromatic rings. The van der Waals surface area contributed by atoms with Crippen LogP contribution in [0.5, 0.6) is 0 Å². The quantitative estimate of drug-likeness (QED) is 0.106. The lowest BCUT2D eigenvalue weighted by atomic mass is 10.1. The molecule has 6 aromatic carbocycles. The Morgan fingerprint density at radius 2 is 0.383 bits per heavy atom. The molecule has 0 saturated carbocycles. The van der Waals surface area contributed by atoms with Gasteiger partial charge in [0.2, 0.25) is 0 Å². The molecule has 47 heavy (non-hydrogen) atoms. The molecule has 7 rings (SSSR count). The summed E-state index contributed by atoms with van der Waals surface area (Å²) < 4.78 is 0. The van der Waals surface area contributed by atoms with Crippen molar-refractivity contribution in [2.45, 2.75) is 0 Å². The fourth-order valence-corrected chi connectivity index (χ4v) is 4.73. The van der Waals surface area contributed by atoms with Gasteiger partial charge in [0.15, 0.2) is 0 Å². The van der Waals surface area contributed by atoms with Crippen molar-refractivity contribution in [3.63, 3.8) is 0 Å². The summed E-state index contributed by atoms with van der Waals surface area (Å²) >= 11 is 1.71. The molecule has 0 fully saturated rings. The normalized spacial score (nSPS) is 9.79. The largest absolute Gasteiger partial charge is 0.399 e. The van der Waals surface area contributed by atoms with Crippen molar-refractivity contribution in [2.24, 2.45) is 0 Å². The first-order valence-corrected chi connectivity index (χ1v) is 15.8. The smallest absolute Gasteiger partial charge is 0.0314 e. The molecular weight excluding hydrogens is 597 g/mol. The molecule has 0 unspecified atom stereocenters. The number of nitrogen functional groups attached to an aromatic ring is 6. The van der Waals surface area contributed by atoms with Crippen LogP contribution in [0.25, 0.3) is 33.4 Å². The Bertz CT molecular complexity index is 1510. The van der Waals surface area contributed by atoms with Gasteiger partial charge in [0.05, 0.1) is 0 Å². The third-order valence-corrected chi connectivity index (χ3v) is 7.52. The van der Waals surface area contributed by atoms with Crippen LogP contribution in [-0.4, -0.2) is 0 Å². The first-order chi connectivity index (χ1) is 22.8. The van der Waals surface area contributed by atoms with Gasteiger partial charge in [-0.25, -0.2) is 0 Å². The maximum Gasteiger partial charge on any atom is 0.0314 e. The van der Waals surface area contributed by atoms with E-state index >= 15 is 0 Å². The number of benzene rings is 6. The Kier molecular flexibility index (Phi) is 12.4. The van der Waals surface area contributed by atoms with Crippen LogP contribution in [0.15, 0.2) is 168 Å². The summed E-state index contributed by atoms with van der Waals surface area (Å²) in [6, 6.07) is 50.8. The van der Waals surface area contributed by atoms with Gasteiger partial charge in [0, 0.05) is 34.1 Å². The van der Waals surface area contributed by atoms with Gasteiger partial charge in [-0.05, 0) is 117 Å². The average molecular weight is 637 g/mol. The van der Waals surface area contributed by atoms with E-state index in [4.69, 9.17) is 34.4 Å². The summed E-state index contributed by atoms with van der Waals surface area (Å²) in [5.41, 5.74) is 45.3. The van der Waals surface area contributed by atoms with Crippen LogP contribution < -0.4 is 34.4 Å². The minimum atomic E-state index is 0.782. The average Bonchev–Trinajstić information content (AvgIpc) is 3.69. The Labute approximate surface area is 280 Å². The van der Waals surface area contributed by atoms with E-state index in [0.717, 1.165) is 67.5 Å². The van der Waals surface area contributed by atoms with E-state index in [1.54, 1.807) is 11.3 Å². The predicted octanol–water partition coefficient (Wildman–Crippen LogP) is 9.30. The summed E-state index contributed by atoms with van der Waals surface area (Å²) in [5, 5.41) is 4.08. The Hall–Kier alpha value is -6.18. The van der Waals surface area contributed by atoms with Gasteiger partial charge in [-0.2, -0.15) is 11.3 Å². The second-order valence-corrected chi connectivity index (χ2v) is 11.3. The fourth-order valence-electron chi connectivity index (χ4n) is 4.28. The van der Waals surface area contributed by atoms with Crippen molar-refractivity contribution in [2.75, 3.05) is 34.4 Å². The van der Waals surface area contributed by atoms with Crippen LogP contribution in [0.1, 0.15) is 0 Å². The highest BCUT2D eigenvalue weighted by molar-refractivity contribution is 7.07. The van der Waals surface area contributed by atoms with Gasteiger partial charge >= 0.3 is 0 Å². The number of rotatable bonds is 3. The van der Waals surface area contributed by atoms with E-state index in [-0.39, 0.29) is 0 Å². The molecule has 0 amide bonds. The molecule has 0 spiro atoms. The van der Waals surface area contributed by atoms with Crippen LogP contribution >= 0.6 is 11.3 Å². The molecule has 12 N–H and O–H groups in total. The Morgan fingerprint density at radius 3 is 0.489 bits per heavy atom. The monoisotopic (exact) mass is 636 g/mol. The van der Waals surface area contributed by atoms with E-state index < -0.39 is 0 Å². The first-order valence-electron chi connectivity index (χ1n) is 14.9. The highest BCUT2D eigenvalue weighted by Crippen LogP contribution is 2.23. The van der Waals surface area contributed by atoms with E-state index in [0.29, 0.717) is 0 Å². The lowest BCUT2D eigenvalue weighted by Crippen LogP contribution is -1.85. The topological polar surface area (TPSA) is 156 Å². The van der Waals surface area contributed by atoms with Crippen LogP contribution in [0.3, 0.4) is 0 Å². The summed E-state index contributed by atoms with van der Waals surface area (Å²) in [7, 11) is 0. The van der Waals surface area contributed by atoms with Crippen molar-refractivity contribution in [3.05, 3.63) is 168 Å². The minimum absolute atomic E-state index is 0.782. The Morgan fingerprint density at radius 1 is 0.234 bits per heavy atom. The van der Waals surface area contributed by atoms with Gasteiger partial charge in [-0.3, -0.25) is 0 Å². The predicted molar refractivity (Wildman–Crippen MR) is 206 cm³/mol. The zero-order chi connectivity index (χ0) is 33.4. The lowest BCUT2D eigenvalue weighted by Gasteiger charge is -2.02. The molecule has 0 bridgehead atoms. The number of hydrogen-bond acceptors (Lipinski definition) is 7. The lowest BCUT2D eigenvalue weighted by molar-refractivity contribution is 1.61. The van der Waals surface area contributed by atoms with Crippen molar-refractivity contribution in [1.82, 2.24) is 0 Å². The molecule has 0 aliphatic heterocycles. The van der Waals surface area contributed by atoms with E-state index in [2.05, 4.69) is 0 Å². The molecule has 0 aliphatic rings. The molecular formula is C40H40N6S. The highest BCUT2D eigenvalue weighted by Gasteiger charge is 1.98.